The summed E-state index contributed by atoms with van der Waals surface area (Å²) in [6, 6.07) is 9.85. The first-order valence-corrected chi connectivity index (χ1v) is 5.43. The number of benzene rings is 2. The predicted octanol–water partition coefficient (Wildman–Crippen LogP) is 3.02. The molecule has 0 bridgehead atoms. The van der Waals surface area contributed by atoms with Gasteiger partial charge in [0.05, 0.1) is 11.5 Å². The van der Waals surface area contributed by atoms with Gasteiger partial charge >= 0.3 is 5.69 Å². The topological polar surface area (TPSA) is 72.6 Å². The lowest BCUT2D eigenvalue weighted by Gasteiger charge is -2.10. The largest absolute Gasteiger partial charge is 0.447 e. The molecule has 0 unspecified atom stereocenters. The van der Waals surface area contributed by atoms with Crippen LogP contribution in [0.1, 0.15) is 5.56 Å². The molecule has 0 aliphatic rings. The highest BCUT2D eigenvalue weighted by atomic mass is 19.1. The summed E-state index contributed by atoms with van der Waals surface area (Å²) in [5.74, 6) is -1.12. The van der Waals surface area contributed by atoms with Crippen molar-refractivity contribution in [1.82, 2.24) is 0 Å². The van der Waals surface area contributed by atoms with Crippen molar-refractivity contribution in [2.45, 2.75) is 6.61 Å². The van der Waals surface area contributed by atoms with E-state index in [-0.39, 0.29) is 12.4 Å². The van der Waals surface area contributed by atoms with Gasteiger partial charge in [0.25, 0.3) is 0 Å². The van der Waals surface area contributed by atoms with Crippen LogP contribution in [-0.4, -0.2) is 10.0 Å². The first-order valence-electron chi connectivity index (χ1n) is 5.43. The van der Waals surface area contributed by atoms with E-state index in [0.29, 0.717) is 5.56 Å². The summed E-state index contributed by atoms with van der Waals surface area (Å²) >= 11 is 0. The molecule has 1 N–H and O–H groups in total. The molecule has 0 aliphatic carbocycles. The van der Waals surface area contributed by atoms with Gasteiger partial charge in [-0.2, -0.15) is 0 Å². The van der Waals surface area contributed by atoms with Crippen LogP contribution in [-0.2, 0) is 6.61 Å². The summed E-state index contributed by atoms with van der Waals surface area (Å²) in [4.78, 5) is 10.1. The summed E-state index contributed by atoms with van der Waals surface area (Å²) in [7, 11) is 0. The third kappa shape index (κ3) is 2.69. The second-order valence-electron chi connectivity index (χ2n) is 3.71. The minimum absolute atomic E-state index is 0.179. The first-order chi connectivity index (χ1) is 9.13. The van der Waals surface area contributed by atoms with E-state index >= 15 is 0 Å². The Balaban J connectivity index is 2.46. The van der Waals surface area contributed by atoms with Gasteiger partial charge in [0.2, 0.25) is 5.75 Å². The number of nitro groups is 1. The fraction of sp³-hybridized carbons (Fsp3) is 0.0769. The highest BCUT2D eigenvalue weighted by Gasteiger charge is 2.20. The van der Waals surface area contributed by atoms with Gasteiger partial charge in [-0.1, -0.05) is 24.3 Å². The Morgan fingerprint density at radius 3 is 2.63 bits per heavy atom. The van der Waals surface area contributed by atoms with Gasteiger partial charge in [-0.05, 0) is 12.1 Å². The Kier molecular flexibility index (Phi) is 3.72. The SMILES string of the molecule is O=[N+]([O-])c1cccc(F)c1Oc1ccccc1CO. The second kappa shape index (κ2) is 5.45. The van der Waals surface area contributed by atoms with Crippen LogP contribution in [0.15, 0.2) is 42.5 Å². The van der Waals surface area contributed by atoms with E-state index in [1.165, 1.54) is 12.1 Å². The van der Waals surface area contributed by atoms with E-state index < -0.39 is 22.2 Å². The van der Waals surface area contributed by atoms with Gasteiger partial charge in [0, 0.05) is 11.6 Å². The molecular formula is C13H10FNO4. The molecule has 2 rings (SSSR count). The van der Waals surface area contributed by atoms with Crippen molar-refractivity contribution in [3.8, 4) is 11.5 Å². The number of hydrogen-bond donors (Lipinski definition) is 1. The molecule has 6 heteroatoms. The molecule has 0 radical (unpaired) electrons. The zero-order chi connectivity index (χ0) is 13.8. The van der Waals surface area contributed by atoms with Gasteiger partial charge in [-0.3, -0.25) is 10.1 Å². The quantitative estimate of drug-likeness (QED) is 0.679. The molecule has 0 amide bonds. The number of nitrogens with zero attached hydrogens (tertiary/aromatic N) is 1. The normalized spacial score (nSPS) is 10.2. The number of halogens is 1. The number of hydrogen-bond acceptors (Lipinski definition) is 4. The molecule has 0 atom stereocenters. The predicted molar refractivity (Wildman–Crippen MR) is 65.5 cm³/mol. The van der Waals surface area contributed by atoms with Crippen molar-refractivity contribution in [1.29, 1.82) is 0 Å². The average molecular weight is 263 g/mol. The van der Waals surface area contributed by atoms with E-state index in [1.54, 1.807) is 18.2 Å². The van der Waals surface area contributed by atoms with Gasteiger partial charge in [-0.15, -0.1) is 0 Å². The van der Waals surface area contributed by atoms with Crippen molar-refractivity contribution in [2.24, 2.45) is 0 Å². The number of rotatable bonds is 4. The molecule has 5 nitrogen and oxygen atoms in total. The van der Waals surface area contributed by atoms with E-state index in [2.05, 4.69) is 0 Å². The number of para-hydroxylation sites is 2. The first kappa shape index (κ1) is 13.0. The zero-order valence-electron chi connectivity index (χ0n) is 9.75. The Morgan fingerprint density at radius 2 is 1.95 bits per heavy atom. The summed E-state index contributed by atoms with van der Waals surface area (Å²) in [6.07, 6.45) is 0. The summed E-state index contributed by atoms with van der Waals surface area (Å²) in [6.45, 7) is -0.307. The molecule has 0 aliphatic heterocycles. The Hall–Kier alpha value is -2.47. The maximum Gasteiger partial charge on any atom is 0.314 e. The van der Waals surface area contributed by atoms with Crippen LogP contribution in [0, 0.1) is 15.9 Å². The molecule has 2 aromatic rings. The Labute approximate surface area is 108 Å². The third-order valence-corrected chi connectivity index (χ3v) is 2.50. The van der Waals surface area contributed by atoms with Gasteiger partial charge in [-0.25, -0.2) is 4.39 Å². The molecule has 0 saturated carbocycles. The summed E-state index contributed by atoms with van der Waals surface area (Å²) < 4.78 is 18.9. The third-order valence-electron chi connectivity index (χ3n) is 2.50. The number of ether oxygens (including phenoxy) is 1. The highest BCUT2D eigenvalue weighted by molar-refractivity contribution is 5.50. The van der Waals surface area contributed by atoms with E-state index in [1.807, 2.05) is 0 Å². The Morgan fingerprint density at radius 1 is 1.21 bits per heavy atom. The van der Waals surface area contributed by atoms with Crippen LogP contribution in [0.3, 0.4) is 0 Å². The highest BCUT2D eigenvalue weighted by Crippen LogP contribution is 2.35. The van der Waals surface area contributed by atoms with Crippen molar-refractivity contribution >= 4 is 5.69 Å². The van der Waals surface area contributed by atoms with Gasteiger partial charge < -0.3 is 9.84 Å². The molecule has 0 spiro atoms. The van der Waals surface area contributed by atoms with Crippen molar-refractivity contribution in [3.63, 3.8) is 0 Å². The minimum Gasteiger partial charge on any atom is -0.447 e. The lowest BCUT2D eigenvalue weighted by molar-refractivity contribution is -0.385. The molecular weight excluding hydrogens is 253 g/mol. The average Bonchev–Trinajstić information content (AvgIpc) is 2.41. The van der Waals surface area contributed by atoms with Gasteiger partial charge in [0.15, 0.2) is 5.82 Å². The monoisotopic (exact) mass is 263 g/mol. The van der Waals surface area contributed by atoms with Crippen molar-refractivity contribution in [3.05, 3.63) is 64.0 Å². The standard InChI is InChI=1S/C13H10FNO4/c14-10-5-3-6-11(15(17)18)13(10)19-12-7-2-1-4-9(12)8-16/h1-7,16H,8H2. The fourth-order valence-electron chi connectivity index (χ4n) is 1.59. The smallest absolute Gasteiger partial charge is 0.314 e. The van der Waals surface area contributed by atoms with Gasteiger partial charge in [0.1, 0.15) is 5.75 Å². The molecule has 2 aromatic carbocycles. The van der Waals surface area contributed by atoms with Crippen LogP contribution in [0.25, 0.3) is 0 Å². The summed E-state index contributed by atoms with van der Waals surface area (Å²) in [5.41, 5.74) is -0.0483. The number of aliphatic hydroxyl groups is 1. The van der Waals surface area contributed by atoms with Crippen LogP contribution >= 0.6 is 0 Å². The fourth-order valence-corrected chi connectivity index (χ4v) is 1.59. The van der Waals surface area contributed by atoms with Crippen LogP contribution in [0.5, 0.6) is 11.5 Å². The second-order valence-corrected chi connectivity index (χ2v) is 3.71. The van der Waals surface area contributed by atoms with E-state index in [9.17, 15) is 14.5 Å². The minimum atomic E-state index is -0.832. The lowest BCUT2D eigenvalue weighted by Crippen LogP contribution is -1.98. The molecule has 0 heterocycles. The van der Waals surface area contributed by atoms with Crippen LogP contribution < -0.4 is 4.74 Å². The molecule has 0 saturated heterocycles. The van der Waals surface area contributed by atoms with Crippen LogP contribution in [0.4, 0.5) is 10.1 Å². The number of nitro benzene ring substituents is 1. The van der Waals surface area contributed by atoms with Crippen LogP contribution in [0.2, 0.25) is 0 Å². The zero-order valence-corrected chi connectivity index (χ0v) is 9.75. The Bertz CT molecular complexity index is 615. The van der Waals surface area contributed by atoms with E-state index in [4.69, 9.17) is 9.84 Å². The van der Waals surface area contributed by atoms with Crippen molar-refractivity contribution < 1.29 is 19.2 Å². The maximum absolute atomic E-state index is 13.6. The molecule has 0 fully saturated rings. The maximum atomic E-state index is 13.6. The molecule has 0 aromatic heterocycles. The molecule has 98 valence electrons. The van der Waals surface area contributed by atoms with E-state index in [0.717, 1.165) is 12.1 Å². The molecule has 19 heavy (non-hydrogen) atoms. The summed E-state index contributed by atoms with van der Waals surface area (Å²) in [5, 5.41) is 20.0. The number of aliphatic hydroxyl groups excluding tert-OH is 1. The van der Waals surface area contributed by atoms with Crippen molar-refractivity contribution in [2.75, 3.05) is 0 Å². The lowest BCUT2D eigenvalue weighted by atomic mass is 10.2.